The molecular formula is C8H5Cl2NaO3. The van der Waals surface area contributed by atoms with E-state index in [0.717, 1.165) is 0 Å². The Balaban J connectivity index is 0.00000169. The van der Waals surface area contributed by atoms with Gasteiger partial charge in [0.15, 0.2) is 0 Å². The molecule has 3 nitrogen and oxygen atoms in total. The number of carboxylic acid groups (broad SMARTS) is 1. The van der Waals surface area contributed by atoms with E-state index in [1.165, 1.54) is 12.1 Å². The van der Waals surface area contributed by atoms with Gasteiger partial charge in [0, 0.05) is 5.02 Å². The molecule has 0 saturated carbocycles. The number of hydrogen-bond acceptors (Lipinski definition) is 3. The summed E-state index contributed by atoms with van der Waals surface area (Å²) in [5, 5.41) is 10.8. The molecule has 0 aromatic heterocycles. The van der Waals surface area contributed by atoms with Crippen LogP contribution in [0.25, 0.3) is 0 Å². The first-order valence-corrected chi connectivity index (χ1v) is 4.13. The summed E-state index contributed by atoms with van der Waals surface area (Å²) in [6, 6.07) is 4.51. The number of carbonyl (C=O) groups excluding carboxylic acids is 1. The molecule has 0 bridgehead atoms. The Morgan fingerprint density at radius 3 is 2.57 bits per heavy atom. The molecule has 1 aromatic rings. The van der Waals surface area contributed by atoms with E-state index < -0.39 is 12.6 Å². The number of aliphatic carboxylic acids is 1. The van der Waals surface area contributed by atoms with Crippen molar-refractivity contribution >= 4 is 29.2 Å². The second-order valence-electron chi connectivity index (χ2n) is 2.24. The molecule has 0 aliphatic carbocycles. The van der Waals surface area contributed by atoms with Gasteiger partial charge >= 0.3 is 29.6 Å². The molecule has 0 N–H and O–H groups in total. The summed E-state index contributed by atoms with van der Waals surface area (Å²) in [7, 11) is 0. The number of rotatable bonds is 3. The SMILES string of the molecule is O=C([O-])COc1ccc(Cl)cc1Cl.[Na+]. The standard InChI is InChI=1S/C8H6Cl2O3.Na/c9-5-1-2-7(6(10)3-5)13-4-8(11)12;/h1-3H,4H2,(H,11,12);/q;+1/p-1. The van der Waals surface area contributed by atoms with Crippen LogP contribution in [0.3, 0.4) is 0 Å². The first-order chi connectivity index (χ1) is 6.09. The number of halogens is 2. The fourth-order valence-corrected chi connectivity index (χ4v) is 1.19. The van der Waals surface area contributed by atoms with E-state index in [1.807, 2.05) is 0 Å². The van der Waals surface area contributed by atoms with Crippen molar-refractivity contribution < 1.29 is 44.2 Å². The van der Waals surface area contributed by atoms with Gasteiger partial charge in [0.2, 0.25) is 0 Å². The molecule has 0 amide bonds. The van der Waals surface area contributed by atoms with Gasteiger partial charge in [-0.15, -0.1) is 0 Å². The average molecular weight is 243 g/mol. The number of benzene rings is 1. The van der Waals surface area contributed by atoms with Crippen molar-refractivity contribution in [3.63, 3.8) is 0 Å². The number of ether oxygens (including phenoxy) is 1. The van der Waals surface area contributed by atoms with Crippen molar-refractivity contribution in [1.82, 2.24) is 0 Å². The molecule has 1 rings (SSSR count). The molecule has 70 valence electrons. The first-order valence-electron chi connectivity index (χ1n) is 3.37. The van der Waals surface area contributed by atoms with Crippen LogP contribution < -0.4 is 39.4 Å². The molecular weight excluding hydrogens is 238 g/mol. The molecule has 6 heteroatoms. The third-order valence-corrected chi connectivity index (χ3v) is 1.77. The summed E-state index contributed by atoms with van der Waals surface area (Å²) >= 11 is 11.3. The van der Waals surface area contributed by atoms with Crippen LogP contribution in [0.15, 0.2) is 18.2 Å². The molecule has 0 fully saturated rings. The predicted molar refractivity (Wildman–Crippen MR) is 47.0 cm³/mol. The zero-order valence-corrected chi connectivity index (χ0v) is 10.9. The van der Waals surface area contributed by atoms with E-state index in [1.54, 1.807) is 6.07 Å². The van der Waals surface area contributed by atoms with Crippen LogP contribution in [0.4, 0.5) is 0 Å². The zero-order valence-electron chi connectivity index (χ0n) is 7.42. The summed E-state index contributed by atoms with van der Waals surface area (Å²) in [5.74, 6) is -1.03. The van der Waals surface area contributed by atoms with Crippen molar-refractivity contribution in [3.05, 3.63) is 28.2 Å². The molecule has 0 heterocycles. The molecule has 14 heavy (non-hydrogen) atoms. The molecule has 0 aliphatic rings. The fraction of sp³-hybridized carbons (Fsp3) is 0.125. The van der Waals surface area contributed by atoms with Gasteiger partial charge in [0.05, 0.1) is 11.0 Å². The van der Waals surface area contributed by atoms with Crippen molar-refractivity contribution in [2.24, 2.45) is 0 Å². The zero-order chi connectivity index (χ0) is 9.84. The van der Waals surface area contributed by atoms with Gasteiger partial charge in [-0.05, 0) is 18.2 Å². The summed E-state index contributed by atoms with van der Waals surface area (Å²) < 4.78 is 4.80. The fourth-order valence-electron chi connectivity index (χ4n) is 0.729. The second kappa shape index (κ2) is 6.53. The maximum atomic E-state index is 10.0. The van der Waals surface area contributed by atoms with Crippen LogP contribution in [0.5, 0.6) is 5.75 Å². The van der Waals surface area contributed by atoms with E-state index in [2.05, 4.69) is 0 Å². The van der Waals surface area contributed by atoms with Crippen molar-refractivity contribution in [3.8, 4) is 5.75 Å². The van der Waals surface area contributed by atoms with Gasteiger partial charge in [-0.3, -0.25) is 0 Å². The minimum absolute atomic E-state index is 0. The van der Waals surface area contributed by atoms with Gasteiger partial charge in [0.25, 0.3) is 0 Å². The molecule has 1 aromatic carbocycles. The maximum absolute atomic E-state index is 10.0. The van der Waals surface area contributed by atoms with Gasteiger partial charge in [-0.2, -0.15) is 0 Å². The number of carboxylic acids is 1. The third kappa shape index (κ3) is 4.53. The summed E-state index contributed by atoms with van der Waals surface area (Å²) in [4.78, 5) is 10.0. The van der Waals surface area contributed by atoms with Crippen molar-refractivity contribution in [2.45, 2.75) is 0 Å². The van der Waals surface area contributed by atoms with Crippen LogP contribution in [0.2, 0.25) is 10.0 Å². The normalized spacial score (nSPS) is 9.00. The Morgan fingerprint density at radius 1 is 1.43 bits per heavy atom. The summed E-state index contributed by atoms with van der Waals surface area (Å²) in [6.07, 6.45) is 0. The second-order valence-corrected chi connectivity index (χ2v) is 3.08. The van der Waals surface area contributed by atoms with Gasteiger partial charge in [0.1, 0.15) is 12.4 Å². The summed E-state index contributed by atoms with van der Waals surface area (Å²) in [6.45, 7) is -0.526. The molecule has 0 unspecified atom stereocenters. The Kier molecular flexibility index (Phi) is 6.57. The van der Waals surface area contributed by atoms with Gasteiger partial charge < -0.3 is 14.6 Å². The monoisotopic (exact) mass is 242 g/mol. The van der Waals surface area contributed by atoms with Crippen LogP contribution in [-0.2, 0) is 4.79 Å². The summed E-state index contributed by atoms with van der Waals surface area (Å²) in [5.41, 5.74) is 0. The van der Waals surface area contributed by atoms with E-state index >= 15 is 0 Å². The molecule has 0 aliphatic heterocycles. The van der Waals surface area contributed by atoms with Crippen LogP contribution in [0, 0.1) is 0 Å². The van der Waals surface area contributed by atoms with Gasteiger partial charge in [-0.1, -0.05) is 23.2 Å². The number of carbonyl (C=O) groups is 1. The van der Waals surface area contributed by atoms with Crippen LogP contribution in [0.1, 0.15) is 0 Å². The van der Waals surface area contributed by atoms with Crippen molar-refractivity contribution in [1.29, 1.82) is 0 Å². The van der Waals surface area contributed by atoms with Crippen LogP contribution in [-0.4, -0.2) is 12.6 Å². The molecule has 0 saturated heterocycles. The number of hydrogen-bond donors (Lipinski definition) is 0. The minimum atomic E-state index is -1.30. The smallest absolute Gasteiger partial charge is 0.546 e. The quantitative estimate of drug-likeness (QED) is 0.584. The molecule has 0 atom stereocenters. The average Bonchev–Trinajstić information content (AvgIpc) is 2.02. The Labute approximate surface area is 113 Å². The topological polar surface area (TPSA) is 49.4 Å². The molecule has 0 spiro atoms. The van der Waals surface area contributed by atoms with Gasteiger partial charge in [-0.25, -0.2) is 0 Å². The van der Waals surface area contributed by atoms with E-state index in [9.17, 15) is 9.90 Å². The maximum Gasteiger partial charge on any atom is 1.00 e. The Bertz CT molecular complexity index is 330. The molecule has 0 radical (unpaired) electrons. The largest absolute Gasteiger partial charge is 1.00 e. The first kappa shape index (κ1) is 14.1. The Hall–Kier alpha value is 0.0700. The predicted octanol–water partition coefficient (Wildman–Crippen LogP) is -1.87. The van der Waals surface area contributed by atoms with E-state index in [-0.39, 0.29) is 40.3 Å². The van der Waals surface area contributed by atoms with Crippen molar-refractivity contribution in [2.75, 3.05) is 6.61 Å². The minimum Gasteiger partial charge on any atom is -0.546 e. The van der Waals surface area contributed by atoms with Crippen LogP contribution >= 0.6 is 23.2 Å². The van der Waals surface area contributed by atoms with E-state index in [4.69, 9.17) is 27.9 Å². The van der Waals surface area contributed by atoms with E-state index in [0.29, 0.717) is 5.02 Å². The Morgan fingerprint density at radius 2 is 2.07 bits per heavy atom. The third-order valence-electron chi connectivity index (χ3n) is 1.24.